The highest BCUT2D eigenvalue weighted by molar-refractivity contribution is 7.99. The fourth-order valence-corrected chi connectivity index (χ4v) is 3.84. The predicted octanol–water partition coefficient (Wildman–Crippen LogP) is 4.93. The van der Waals surface area contributed by atoms with Crippen LogP contribution >= 0.6 is 11.8 Å². The highest BCUT2D eigenvalue weighted by Gasteiger charge is 2.39. The first-order valence-electron chi connectivity index (χ1n) is 7.90. The van der Waals surface area contributed by atoms with Gasteiger partial charge in [0.15, 0.2) is 0 Å². The Morgan fingerprint density at radius 2 is 1.95 bits per heavy atom. The van der Waals surface area contributed by atoms with Gasteiger partial charge in [0, 0.05) is 10.9 Å². The highest BCUT2D eigenvalue weighted by atomic mass is 32.2. The molecule has 3 atom stereocenters. The molecule has 0 bridgehead atoms. The molecule has 4 heteroatoms. The van der Waals surface area contributed by atoms with Crippen molar-refractivity contribution in [1.82, 2.24) is 5.32 Å². The molecule has 3 unspecified atom stereocenters. The van der Waals surface area contributed by atoms with Crippen LogP contribution in [0.2, 0.25) is 0 Å². The molecule has 1 aliphatic carbocycles. The molecule has 1 saturated carbocycles. The van der Waals surface area contributed by atoms with E-state index >= 15 is 0 Å². The molecule has 1 fully saturated rings. The van der Waals surface area contributed by atoms with Gasteiger partial charge in [-0.05, 0) is 48.9 Å². The zero-order valence-corrected chi connectivity index (χ0v) is 13.6. The number of benzene rings is 1. The van der Waals surface area contributed by atoms with E-state index in [1.807, 2.05) is 12.1 Å². The van der Waals surface area contributed by atoms with E-state index < -0.39 is 6.43 Å². The maximum atomic E-state index is 12.2. The first-order valence-corrected chi connectivity index (χ1v) is 8.88. The quantitative estimate of drug-likeness (QED) is 0.683. The molecular weight excluding hydrogens is 288 g/mol. The molecule has 21 heavy (non-hydrogen) atoms. The van der Waals surface area contributed by atoms with Crippen molar-refractivity contribution >= 4 is 11.8 Å². The van der Waals surface area contributed by atoms with Gasteiger partial charge in [0.2, 0.25) is 6.43 Å². The van der Waals surface area contributed by atoms with Crippen LogP contribution < -0.4 is 5.32 Å². The van der Waals surface area contributed by atoms with E-state index in [4.69, 9.17) is 0 Å². The van der Waals surface area contributed by atoms with E-state index in [2.05, 4.69) is 31.3 Å². The number of hydrogen-bond donors (Lipinski definition) is 1. The van der Waals surface area contributed by atoms with Crippen LogP contribution in [0, 0.1) is 5.92 Å². The SMILES string of the molecule is CCCNC1CC(c2ccc(SCC(F)F)cc2)C1CC. The van der Waals surface area contributed by atoms with Crippen LogP contribution in [0.4, 0.5) is 8.78 Å². The lowest BCUT2D eigenvalue weighted by Gasteiger charge is -2.45. The summed E-state index contributed by atoms with van der Waals surface area (Å²) < 4.78 is 24.4. The number of rotatable bonds is 8. The van der Waals surface area contributed by atoms with Crippen molar-refractivity contribution in [2.24, 2.45) is 5.92 Å². The van der Waals surface area contributed by atoms with E-state index in [1.165, 1.54) is 36.6 Å². The van der Waals surface area contributed by atoms with Crippen molar-refractivity contribution in [2.75, 3.05) is 12.3 Å². The second-order valence-corrected chi connectivity index (χ2v) is 6.84. The molecule has 1 aliphatic rings. The zero-order chi connectivity index (χ0) is 15.2. The summed E-state index contributed by atoms with van der Waals surface area (Å²) in [6.07, 6.45) is 1.32. The van der Waals surface area contributed by atoms with Crippen LogP contribution in [0.1, 0.15) is 44.6 Å². The number of thioether (sulfide) groups is 1. The topological polar surface area (TPSA) is 12.0 Å². The molecule has 0 saturated heterocycles. The van der Waals surface area contributed by atoms with Gasteiger partial charge in [0.25, 0.3) is 0 Å². The average Bonchev–Trinajstić information content (AvgIpc) is 2.46. The largest absolute Gasteiger partial charge is 0.314 e. The molecule has 2 rings (SSSR count). The van der Waals surface area contributed by atoms with E-state index in [0.717, 1.165) is 11.4 Å². The molecule has 0 heterocycles. The van der Waals surface area contributed by atoms with Gasteiger partial charge >= 0.3 is 0 Å². The minimum absolute atomic E-state index is 0.122. The molecule has 0 aliphatic heterocycles. The monoisotopic (exact) mass is 313 g/mol. The standard InChI is InChI=1S/C17H25F2NS/c1-3-9-20-16-10-15(14(16)4-2)12-5-7-13(8-6-12)21-11-17(18)19/h5-8,14-17,20H,3-4,9-11H2,1-2H3. The van der Waals surface area contributed by atoms with Gasteiger partial charge in [-0.1, -0.05) is 32.4 Å². The van der Waals surface area contributed by atoms with Crippen molar-refractivity contribution in [3.05, 3.63) is 29.8 Å². The molecule has 1 aromatic carbocycles. The van der Waals surface area contributed by atoms with Crippen molar-refractivity contribution in [1.29, 1.82) is 0 Å². The Kier molecular flexibility index (Phi) is 6.49. The van der Waals surface area contributed by atoms with Crippen molar-refractivity contribution in [3.8, 4) is 0 Å². The molecule has 118 valence electrons. The van der Waals surface area contributed by atoms with Crippen molar-refractivity contribution in [3.63, 3.8) is 0 Å². The molecule has 0 radical (unpaired) electrons. The van der Waals surface area contributed by atoms with E-state index in [1.54, 1.807) is 0 Å². The average molecular weight is 313 g/mol. The summed E-state index contributed by atoms with van der Waals surface area (Å²) in [5.74, 6) is 1.21. The number of alkyl halides is 2. The third kappa shape index (κ3) is 4.43. The Morgan fingerprint density at radius 1 is 1.24 bits per heavy atom. The smallest absolute Gasteiger partial charge is 0.247 e. The second kappa shape index (κ2) is 8.14. The van der Waals surface area contributed by atoms with Gasteiger partial charge in [-0.15, -0.1) is 11.8 Å². The van der Waals surface area contributed by atoms with Gasteiger partial charge in [-0.2, -0.15) is 0 Å². The number of nitrogens with one attached hydrogen (secondary N) is 1. The summed E-state index contributed by atoms with van der Waals surface area (Å²) in [6, 6.07) is 8.87. The fraction of sp³-hybridized carbons (Fsp3) is 0.647. The number of halogens is 2. The maximum Gasteiger partial charge on any atom is 0.247 e. The van der Waals surface area contributed by atoms with Crippen LogP contribution in [-0.4, -0.2) is 24.8 Å². The Hall–Kier alpha value is -0.610. The van der Waals surface area contributed by atoms with Crippen LogP contribution in [0.3, 0.4) is 0 Å². The summed E-state index contributed by atoms with van der Waals surface area (Å²) in [6.45, 7) is 5.54. The molecule has 0 spiro atoms. The first kappa shape index (κ1) is 16.8. The molecule has 1 aromatic rings. The van der Waals surface area contributed by atoms with E-state index in [9.17, 15) is 8.78 Å². The molecule has 0 amide bonds. The second-order valence-electron chi connectivity index (χ2n) is 5.75. The summed E-state index contributed by atoms with van der Waals surface area (Å²) >= 11 is 1.23. The Bertz CT molecular complexity index is 421. The predicted molar refractivity (Wildman–Crippen MR) is 86.4 cm³/mol. The number of hydrogen-bond acceptors (Lipinski definition) is 2. The normalized spacial score (nSPS) is 25.1. The third-order valence-electron chi connectivity index (χ3n) is 4.35. The van der Waals surface area contributed by atoms with Crippen LogP contribution in [0.5, 0.6) is 0 Å². The minimum Gasteiger partial charge on any atom is -0.314 e. The van der Waals surface area contributed by atoms with Gasteiger partial charge in [0.05, 0.1) is 5.75 Å². The van der Waals surface area contributed by atoms with Gasteiger partial charge in [-0.25, -0.2) is 8.78 Å². The van der Waals surface area contributed by atoms with Crippen LogP contribution in [0.25, 0.3) is 0 Å². The highest BCUT2D eigenvalue weighted by Crippen LogP contribution is 2.44. The maximum absolute atomic E-state index is 12.2. The Labute approximate surface area is 130 Å². The van der Waals surface area contributed by atoms with Crippen LogP contribution in [-0.2, 0) is 0 Å². The Morgan fingerprint density at radius 3 is 2.52 bits per heavy atom. The summed E-state index contributed by atoms with van der Waals surface area (Å²) in [5, 5.41) is 3.63. The zero-order valence-electron chi connectivity index (χ0n) is 12.8. The molecule has 1 nitrogen and oxygen atoms in total. The van der Waals surface area contributed by atoms with Gasteiger partial charge < -0.3 is 5.32 Å². The fourth-order valence-electron chi connectivity index (χ4n) is 3.19. The first-order chi connectivity index (χ1) is 10.2. The van der Waals surface area contributed by atoms with Crippen LogP contribution in [0.15, 0.2) is 29.2 Å². The van der Waals surface area contributed by atoms with Crippen molar-refractivity contribution < 1.29 is 8.78 Å². The van der Waals surface area contributed by atoms with Gasteiger partial charge in [0.1, 0.15) is 0 Å². The third-order valence-corrected chi connectivity index (χ3v) is 5.38. The lowest BCUT2D eigenvalue weighted by molar-refractivity contribution is 0.161. The molecular formula is C17H25F2NS. The van der Waals surface area contributed by atoms with E-state index in [0.29, 0.717) is 17.9 Å². The summed E-state index contributed by atoms with van der Waals surface area (Å²) in [4.78, 5) is 0.937. The molecule has 0 aromatic heterocycles. The summed E-state index contributed by atoms with van der Waals surface area (Å²) in [7, 11) is 0. The van der Waals surface area contributed by atoms with E-state index in [-0.39, 0.29) is 5.75 Å². The minimum atomic E-state index is -2.24. The Balaban J connectivity index is 1.90. The summed E-state index contributed by atoms with van der Waals surface area (Å²) in [5.41, 5.74) is 1.36. The molecule has 1 N–H and O–H groups in total. The lowest BCUT2D eigenvalue weighted by Crippen LogP contribution is -2.49. The lowest BCUT2D eigenvalue weighted by atomic mass is 9.65. The van der Waals surface area contributed by atoms with Gasteiger partial charge in [-0.3, -0.25) is 0 Å². The van der Waals surface area contributed by atoms with Crippen molar-refractivity contribution in [2.45, 2.75) is 56.4 Å².